The molecule has 2 heterocycles. The highest BCUT2D eigenvalue weighted by Crippen LogP contribution is 2.34. The third-order valence-corrected chi connectivity index (χ3v) is 3.26. The molecule has 0 unspecified atom stereocenters. The van der Waals surface area contributed by atoms with Gasteiger partial charge in [-0.25, -0.2) is 4.98 Å². The normalized spacial score (nSPS) is 12.0. The smallest absolute Gasteiger partial charge is 0.343 e. The number of benzene rings is 1. The van der Waals surface area contributed by atoms with E-state index >= 15 is 0 Å². The predicted octanol–water partition coefficient (Wildman–Crippen LogP) is 4.56. The Morgan fingerprint density at radius 3 is 2.40 bits per heavy atom. The van der Waals surface area contributed by atoms with E-state index < -0.39 is 11.7 Å². The molecule has 1 N–H and O–H groups in total. The molecular formula is C15H11F3N2. The number of fused-ring (bicyclic) bond motifs is 1. The summed E-state index contributed by atoms with van der Waals surface area (Å²) in [6.45, 7) is 1.88. The molecule has 102 valence electrons. The van der Waals surface area contributed by atoms with Crippen molar-refractivity contribution in [3.63, 3.8) is 0 Å². The Morgan fingerprint density at radius 2 is 1.75 bits per heavy atom. The number of pyridine rings is 1. The molecule has 0 aliphatic rings. The molecule has 3 aromatic rings. The standard InChI is InChI=1S/C15H11F3N2/c1-9-13(12-3-2-8-19-14(12)20-9)10-4-6-11(7-5-10)15(16,17)18/h2-8H,1H3,(H,19,20). The van der Waals surface area contributed by atoms with Crippen LogP contribution in [0.3, 0.4) is 0 Å². The molecule has 0 atom stereocenters. The zero-order chi connectivity index (χ0) is 14.3. The van der Waals surface area contributed by atoms with Crippen molar-refractivity contribution in [1.82, 2.24) is 9.97 Å². The van der Waals surface area contributed by atoms with E-state index in [-0.39, 0.29) is 0 Å². The Balaban J connectivity index is 2.14. The molecule has 1 aromatic carbocycles. The third kappa shape index (κ3) is 2.05. The SMILES string of the molecule is Cc1[nH]c2ncccc2c1-c1ccc(C(F)(F)F)cc1. The highest BCUT2D eigenvalue weighted by atomic mass is 19.4. The first-order valence-electron chi connectivity index (χ1n) is 6.08. The zero-order valence-corrected chi connectivity index (χ0v) is 10.6. The average Bonchev–Trinajstić information content (AvgIpc) is 2.73. The van der Waals surface area contributed by atoms with Gasteiger partial charge in [-0.15, -0.1) is 0 Å². The number of hydrogen-bond donors (Lipinski definition) is 1. The molecule has 0 aliphatic carbocycles. The molecule has 20 heavy (non-hydrogen) atoms. The molecule has 2 aromatic heterocycles. The summed E-state index contributed by atoms with van der Waals surface area (Å²) in [5, 5.41) is 0.907. The maximum atomic E-state index is 12.6. The number of halogens is 3. The van der Waals surface area contributed by atoms with Gasteiger partial charge in [-0.2, -0.15) is 13.2 Å². The van der Waals surface area contributed by atoms with Gasteiger partial charge in [0.2, 0.25) is 0 Å². The molecular weight excluding hydrogens is 265 g/mol. The minimum absolute atomic E-state index is 0.642. The van der Waals surface area contributed by atoms with E-state index in [1.807, 2.05) is 19.1 Å². The molecule has 0 radical (unpaired) electrons. The summed E-state index contributed by atoms with van der Waals surface area (Å²) >= 11 is 0. The van der Waals surface area contributed by atoms with E-state index in [4.69, 9.17) is 0 Å². The first-order valence-corrected chi connectivity index (χ1v) is 6.08. The van der Waals surface area contributed by atoms with E-state index in [0.717, 1.165) is 40.0 Å². The van der Waals surface area contributed by atoms with Gasteiger partial charge in [0.25, 0.3) is 0 Å². The van der Waals surface area contributed by atoms with Gasteiger partial charge in [0.05, 0.1) is 5.56 Å². The fourth-order valence-corrected chi connectivity index (χ4v) is 2.35. The lowest BCUT2D eigenvalue weighted by molar-refractivity contribution is -0.137. The number of aromatic nitrogens is 2. The van der Waals surface area contributed by atoms with Crippen LogP contribution in [-0.4, -0.2) is 9.97 Å². The molecule has 0 saturated carbocycles. The van der Waals surface area contributed by atoms with Gasteiger partial charge in [0.1, 0.15) is 5.65 Å². The van der Waals surface area contributed by atoms with Crippen LogP contribution in [-0.2, 0) is 6.18 Å². The second-order valence-corrected chi connectivity index (χ2v) is 4.60. The van der Waals surface area contributed by atoms with E-state index in [2.05, 4.69) is 9.97 Å². The van der Waals surface area contributed by atoms with Crippen molar-refractivity contribution in [3.8, 4) is 11.1 Å². The van der Waals surface area contributed by atoms with Gasteiger partial charge in [0.15, 0.2) is 0 Å². The van der Waals surface area contributed by atoms with Crippen molar-refractivity contribution in [2.45, 2.75) is 13.1 Å². The van der Waals surface area contributed by atoms with Crippen LogP contribution in [0.15, 0.2) is 42.6 Å². The Labute approximate surface area is 113 Å². The Morgan fingerprint density at radius 1 is 1.05 bits per heavy atom. The summed E-state index contributed by atoms with van der Waals surface area (Å²) in [4.78, 5) is 7.35. The topological polar surface area (TPSA) is 28.7 Å². The monoisotopic (exact) mass is 276 g/mol. The summed E-state index contributed by atoms with van der Waals surface area (Å²) < 4.78 is 37.7. The lowest BCUT2D eigenvalue weighted by Gasteiger charge is -2.08. The van der Waals surface area contributed by atoms with Gasteiger partial charge >= 0.3 is 6.18 Å². The highest BCUT2D eigenvalue weighted by Gasteiger charge is 2.30. The zero-order valence-electron chi connectivity index (χ0n) is 10.6. The largest absolute Gasteiger partial charge is 0.416 e. The fraction of sp³-hybridized carbons (Fsp3) is 0.133. The van der Waals surface area contributed by atoms with Crippen LogP contribution in [0.2, 0.25) is 0 Å². The van der Waals surface area contributed by atoms with E-state index in [1.165, 1.54) is 12.1 Å². The molecule has 0 amide bonds. The van der Waals surface area contributed by atoms with Crippen molar-refractivity contribution in [2.24, 2.45) is 0 Å². The lowest BCUT2D eigenvalue weighted by atomic mass is 10.0. The van der Waals surface area contributed by atoms with Crippen LogP contribution in [0.25, 0.3) is 22.2 Å². The number of nitrogens with zero attached hydrogens (tertiary/aromatic N) is 1. The maximum absolute atomic E-state index is 12.6. The lowest BCUT2D eigenvalue weighted by Crippen LogP contribution is -2.04. The average molecular weight is 276 g/mol. The van der Waals surface area contributed by atoms with E-state index in [0.29, 0.717) is 0 Å². The fourth-order valence-electron chi connectivity index (χ4n) is 2.35. The van der Waals surface area contributed by atoms with E-state index in [9.17, 15) is 13.2 Å². The number of alkyl halides is 3. The summed E-state index contributed by atoms with van der Waals surface area (Å²) in [7, 11) is 0. The van der Waals surface area contributed by atoms with Crippen LogP contribution in [0, 0.1) is 6.92 Å². The van der Waals surface area contributed by atoms with Crippen molar-refractivity contribution < 1.29 is 13.2 Å². The van der Waals surface area contributed by atoms with Gasteiger partial charge in [-0.05, 0) is 36.8 Å². The molecule has 5 heteroatoms. The van der Waals surface area contributed by atoms with Crippen LogP contribution >= 0.6 is 0 Å². The van der Waals surface area contributed by atoms with Crippen LogP contribution < -0.4 is 0 Å². The number of aryl methyl sites for hydroxylation is 1. The van der Waals surface area contributed by atoms with Gasteiger partial charge in [0, 0.05) is 22.8 Å². The van der Waals surface area contributed by atoms with Crippen molar-refractivity contribution >= 4 is 11.0 Å². The molecule has 3 rings (SSSR count). The first-order chi connectivity index (χ1) is 9.47. The molecule has 0 spiro atoms. The van der Waals surface area contributed by atoms with Crippen molar-refractivity contribution in [1.29, 1.82) is 0 Å². The summed E-state index contributed by atoms with van der Waals surface area (Å²) in [6, 6.07) is 8.90. The van der Waals surface area contributed by atoms with Gasteiger partial charge in [-0.1, -0.05) is 12.1 Å². The predicted molar refractivity (Wildman–Crippen MR) is 71.3 cm³/mol. The number of rotatable bonds is 1. The molecule has 0 bridgehead atoms. The third-order valence-electron chi connectivity index (χ3n) is 3.26. The van der Waals surface area contributed by atoms with Crippen LogP contribution in [0.1, 0.15) is 11.3 Å². The number of nitrogens with one attached hydrogen (secondary N) is 1. The van der Waals surface area contributed by atoms with Crippen LogP contribution in [0.4, 0.5) is 13.2 Å². The Bertz CT molecular complexity index is 755. The highest BCUT2D eigenvalue weighted by molar-refractivity contribution is 5.95. The summed E-state index contributed by atoms with van der Waals surface area (Å²) in [5.41, 5.74) is 2.62. The van der Waals surface area contributed by atoms with Crippen molar-refractivity contribution in [3.05, 3.63) is 53.9 Å². The summed E-state index contributed by atoms with van der Waals surface area (Å²) in [6.07, 6.45) is -2.63. The number of H-pyrrole nitrogens is 1. The van der Waals surface area contributed by atoms with E-state index in [1.54, 1.807) is 6.20 Å². The maximum Gasteiger partial charge on any atom is 0.416 e. The summed E-state index contributed by atoms with van der Waals surface area (Å²) in [5.74, 6) is 0. The molecule has 2 nitrogen and oxygen atoms in total. The second-order valence-electron chi connectivity index (χ2n) is 4.60. The molecule has 0 aliphatic heterocycles. The number of aromatic amines is 1. The quantitative estimate of drug-likeness (QED) is 0.693. The number of hydrogen-bond acceptors (Lipinski definition) is 1. The van der Waals surface area contributed by atoms with Gasteiger partial charge in [-0.3, -0.25) is 0 Å². The minimum atomic E-state index is -4.31. The van der Waals surface area contributed by atoms with Crippen molar-refractivity contribution in [2.75, 3.05) is 0 Å². The van der Waals surface area contributed by atoms with Gasteiger partial charge < -0.3 is 4.98 Å². The first kappa shape index (κ1) is 12.7. The Kier molecular flexibility index (Phi) is 2.78. The Hall–Kier alpha value is -2.30. The minimum Gasteiger partial charge on any atom is -0.343 e. The molecule has 0 fully saturated rings. The second kappa shape index (κ2) is 4.37. The van der Waals surface area contributed by atoms with Crippen LogP contribution in [0.5, 0.6) is 0 Å². The molecule has 0 saturated heterocycles.